The van der Waals surface area contributed by atoms with E-state index in [1.54, 1.807) is 6.07 Å². The monoisotopic (exact) mass is 336 g/mol. The van der Waals surface area contributed by atoms with Gasteiger partial charge in [0.25, 0.3) is 0 Å². The molecule has 0 radical (unpaired) electrons. The number of nitrogens with two attached hydrogens (primary N) is 1. The Balaban J connectivity index is 2.15. The Labute approximate surface area is 118 Å². The second kappa shape index (κ2) is 5.42. The summed E-state index contributed by atoms with van der Waals surface area (Å²) in [6.07, 6.45) is -4.31. The van der Waals surface area contributed by atoms with E-state index in [9.17, 15) is 13.2 Å². The van der Waals surface area contributed by atoms with Gasteiger partial charge in [0.05, 0.1) is 5.56 Å². The molecule has 1 fully saturated rings. The molecule has 19 heavy (non-hydrogen) atoms. The SMILES string of the molecule is CC1CN(Cc2cc(Br)cc(C(F)(F)F)c2)CC1N. The summed E-state index contributed by atoms with van der Waals surface area (Å²) in [6.45, 7) is 4.12. The standard InChI is InChI=1S/C13H16BrF3N2/c1-8-5-19(7-12(8)18)6-9-2-10(13(15,16)17)4-11(14)3-9/h2-4,8,12H,5-7,18H2,1H3. The molecule has 2 unspecified atom stereocenters. The van der Waals surface area contributed by atoms with Gasteiger partial charge in [0, 0.05) is 30.1 Å². The Morgan fingerprint density at radius 2 is 2.00 bits per heavy atom. The zero-order chi connectivity index (χ0) is 14.2. The molecule has 2 nitrogen and oxygen atoms in total. The third-order valence-corrected chi connectivity index (χ3v) is 3.90. The number of halogens is 4. The molecule has 2 atom stereocenters. The lowest BCUT2D eigenvalue weighted by atomic mass is 10.1. The average molecular weight is 337 g/mol. The van der Waals surface area contributed by atoms with Crippen molar-refractivity contribution < 1.29 is 13.2 Å². The first-order valence-corrected chi connectivity index (χ1v) is 6.89. The number of hydrogen-bond donors (Lipinski definition) is 1. The van der Waals surface area contributed by atoms with Crippen LogP contribution in [0, 0.1) is 5.92 Å². The minimum Gasteiger partial charge on any atom is -0.326 e. The van der Waals surface area contributed by atoms with Crippen LogP contribution in [0.1, 0.15) is 18.1 Å². The average Bonchev–Trinajstić information content (AvgIpc) is 2.55. The van der Waals surface area contributed by atoms with Crippen molar-refractivity contribution in [3.63, 3.8) is 0 Å². The van der Waals surface area contributed by atoms with Crippen LogP contribution in [0.25, 0.3) is 0 Å². The summed E-state index contributed by atoms with van der Waals surface area (Å²) in [7, 11) is 0. The Kier molecular flexibility index (Phi) is 4.23. The van der Waals surface area contributed by atoms with Crippen LogP contribution in [0.5, 0.6) is 0 Å². The van der Waals surface area contributed by atoms with E-state index in [2.05, 4.69) is 27.8 Å². The maximum Gasteiger partial charge on any atom is 0.416 e. The molecule has 0 bridgehead atoms. The number of benzene rings is 1. The van der Waals surface area contributed by atoms with E-state index in [0.29, 0.717) is 22.5 Å². The van der Waals surface area contributed by atoms with E-state index >= 15 is 0 Å². The van der Waals surface area contributed by atoms with Crippen LogP contribution in [-0.2, 0) is 12.7 Å². The molecular formula is C13H16BrF3N2. The zero-order valence-electron chi connectivity index (χ0n) is 10.5. The molecule has 0 aromatic heterocycles. The highest BCUT2D eigenvalue weighted by molar-refractivity contribution is 9.10. The Morgan fingerprint density at radius 3 is 2.53 bits per heavy atom. The lowest BCUT2D eigenvalue weighted by Crippen LogP contribution is -2.28. The fourth-order valence-corrected chi connectivity index (χ4v) is 2.93. The van der Waals surface area contributed by atoms with Gasteiger partial charge in [0.15, 0.2) is 0 Å². The van der Waals surface area contributed by atoms with Crippen LogP contribution < -0.4 is 5.73 Å². The van der Waals surface area contributed by atoms with Crippen LogP contribution in [0.3, 0.4) is 0 Å². The van der Waals surface area contributed by atoms with Crippen molar-refractivity contribution >= 4 is 15.9 Å². The lowest BCUT2D eigenvalue weighted by molar-refractivity contribution is -0.137. The Hall–Kier alpha value is -0.590. The normalized spacial score (nSPS) is 24.9. The molecule has 0 spiro atoms. The highest BCUT2D eigenvalue weighted by Crippen LogP contribution is 2.32. The van der Waals surface area contributed by atoms with Crippen molar-refractivity contribution in [2.75, 3.05) is 13.1 Å². The van der Waals surface area contributed by atoms with Gasteiger partial charge < -0.3 is 5.73 Å². The van der Waals surface area contributed by atoms with Gasteiger partial charge in [-0.05, 0) is 29.7 Å². The Bertz CT molecular complexity index is 452. The molecule has 1 saturated heterocycles. The molecule has 1 heterocycles. The Morgan fingerprint density at radius 1 is 1.32 bits per heavy atom. The zero-order valence-corrected chi connectivity index (χ0v) is 12.1. The summed E-state index contributed by atoms with van der Waals surface area (Å²) in [5.74, 6) is 0.384. The van der Waals surface area contributed by atoms with Crippen LogP contribution >= 0.6 is 15.9 Å². The second-order valence-electron chi connectivity index (χ2n) is 5.18. The van der Waals surface area contributed by atoms with Gasteiger partial charge in [-0.1, -0.05) is 22.9 Å². The number of alkyl halides is 3. The fraction of sp³-hybridized carbons (Fsp3) is 0.538. The van der Waals surface area contributed by atoms with E-state index in [1.165, 1.54) is 6.07 Å². The van der Waals surface area contributed by atoms with Crippen molar-refractivity contribution in [1.82, 2.24) is 4.90 Å². The predicted octanol–water partition coefficient (Wildman–Crippen LogP) is 3.25. The summed E-state index contributed by atoms with van der Waals surface area (Å²) in [5.41, 5.74) is 5.96. The van der Waals surface area contributed by atoms with Crippen molar-refractivity contribution in [2.45, 2.75) is 25.7 Å². The third-order valence-electron chi connectivity index (χ3n) is 3.44. The predicted molar refractivity (Wildman–Crippen MR) is 71.6 cm³/mol. The van der Waals surface area contributed by atoms with Crippen molar-refractivity contribution in [2.24, 2.45) is 11.7 Å². The first-order valence-electron chi connectivity index (χ1n) is 6.10. The van der Waals surface area contributed by atoms with Gasteiger partial charge in [-0.15, -0.1) is 0 Å². The molecular weight excluding hydrogens is 321 g/mol. The summed E-state index contributed by atoms with van der Waals surface area (Å²) in [4.78, 5) is 2.09. The molecule has 2 rings (SSSR count). The minimum absolute atomic E-state index is 0.106. The number of rotatable bonds is 2. The van der Waals surface area contributed by atoms with Gasteiger partial charge in [0.2, 0.25) is 0 Å². The van der Waals surface area contributed by atoms with Crippen molar-refractivity contribution in [3.05, 3.63) is 33.8 Å². The molecule has 1 aromatic carbocycles. The topological polar surface area (TPSA) is 29.3 Å². The van der Waals surface area contributed by atoms with Crippen LogP contribution in [0.15, 0.2) is 22.7 Å². The third kappa shape index (κ3) is 3.70. The first-order chi connectivity index (χ1) is 8.75. The summed E-state index contributed by atoms with van der Waals surface area (Å²) in [6, 6.07) is 4.14. The van der Waals surface area contributed by atoms with E-state index in [4.69, 9.17) is 5.73 Å². The highest BCUT2D eigenvalue weighted by Gasteiger charge is 2.32. The van der Waals surface area contributed by atoms with Crippen LogP contribution in [-0.4, -0.2) is 24.0 Å². The summed E-state index contributed by atoms with van der Waals surface area (Å²) in [5, 5.41) is 0. The van der Waals surface area contributed by atoms with E-state index < -0.39 is 11.7 Å². The summed E-state index contributed by atoms with van der Waals surface area (Å²) < 4.78 is 38.6. The summed E-state index contributed by atoms with van der Waals surface area (Å²) >= 11 is 3.14. The highest BCUT2D eigenvalue weighted by atomic mass is 79.9. The molecule has 2 N–H and O–H groups in total. The number of nitrogens with zero attached hydrogens (tertiary/aromatic N) is 1. The van der Waals surface area contributed by atoms with Gasteiger partial charge in [-0.25, -0.2) is 0 Å². The van der Waals surface area contributed by atoms with Gasteiger partial charge >= 0.3 is 6.18 Å². The van der Waals surface area contributed by atoms with E-state index in [-0.39, 0.29) is 6.04 Å². The van der Waals surface area contributed by atoms with Crippen LogP contribution in [0.2, 0.25) is 0 Å². The second-order valence-corrected chi connectivity index (χ2v) is 6.10. The largest absolute Gasteiger partial charge is 0.416 e. The minimum atomic E-state index is -4.31. The first kappa shape index (κ1) is 14.8. The molecule has 1 aliphatic heterocycles. The van der Waals surface area contributed by atoms with Gasteiger partial charge in [0.1, 0.15) is 0 Å². The molecule has 0 amide bonds. The van der Waals surface area contributed by atoms with E-state index in [0.717, 1.165) is 19.2 Å². The number of likely N-dealkylation sites (tertiary alicyclic amines) is 1. The molecule has 0 aliphatic carbocycles. The van der Waals surface area contributed by atoms with Crippen molar-refractivity contribution in [3.8, 4) is 0 Å². The maximum absolute atomic E-state index is 12.7. The van der Waals surface area contributed by atoms with E-state index in [1.807, 2.05) is 0 Å². The smallest absolute Gasteiger partial charge is 0.326 e. The molecule has 106 valence electrons. The quantitative estimate of drug-likeness (QED) is 0.898. The molecule has 1 aliphatic rings. The van der Waals surface area contributed by atoms with Crippen LogP contribution in [0.4, 0.5) is 13.2 Å². The molecule has 0 saturated carbocycles. The molecule has 1 aromatic rings. The maximum atomic E-state index is 12.7. The molecule has 6 heteroatoms. The van der Waals surface area contributed by atoms with Crippen molar-refractivity contribution in [1.29, 1.82) is 0 Å². The lowest BCUT2D eigenvalue weighted by Gasteiger charge is -2.17. The van der Waals surface area contributed by atoms with Gasteiger partial charge in [-0.3, -0.25) is 4.90 Å². The van der Waals surface area contributed by atoms with Gasteiger partial charge in [-0.2, -0.15) is 13.2 Å². The number of hydrogen-bond acceptors (Lipinski definition) is 2. The fourth-order valence-electron chi connectivity index (χ4n) is 2.39.